The van der Waals surface area contributed by atoms with Gasteiger partial charge in [0.05, 0.1) is 0 Å². The summed E-state index contributed by atoms with van der Waals surface area (Å²) in [7, 11) is -4.67. The van der Waals surface area contributed by atoms with E-state index in [9.17, 15) is 0 Å². The highest BCUT2D eigenvalue weighted by Gasteiger charge is 1.84. The molecule has 0 radical (unpaired) electrons. The zero-order chi connectivity index (χ0) is 4.50. The van der Waals surface area contributed by atoms with Crippen molar-refractivity contribution >= 4 is 10.4 Å². The third kappa shape index (κ3) is 1730. The lowest BCUT2D eigenvalue weighted by molar-refractivity contribution is 0.381. The predicted molar refractivity (Wildman–Crippen MR) is 29.2 cm³/mol. The van der Waals surface area contributed by atoms with E-state index in [0.29, 0.717) is 0 Å². The largest absolute Gasteiger partial charge is 0.394 e. The fourth-order valence-corrected chi connectivity index (χ4v) is 0. The van der Waals surface area contributed by atoms with Crippen molar-refractivity contribution in [2.45, 2.75) is 0 Å². The van der Waals surface area contributed by atoms with Crippen LogP contribution in [0.2, 0.25) is 0 Å². The van der Waals surface area contributed by atoms with Crippen molar-refractivity contribution < 1.29 is 45.7 Å². The van der Waals surface area contributed by atoms with E-state index in [4.69, 9.17) is 17.5 Å². The monoisotopic (exact) mass is 218 g/mol. The molecule has 0 aliphatic rings. The highest BCUT2D eigenvalue weighted by atomic mass is 32.3. The van der Waals surface area contributed by atoms with Crippen molar-refractivity contribution in [3.8, 4) is 0 Å². The molecule has 0 atom stereocenters. The molecule has 0 aromatic heterocycles. The molecule has 80 valence electrons. The lowest BCUT2D eigenvalue weighted by Gasteiger charge is -1.68. The van der Waals surface area contributed by atoms with Gasteiger partial charge in [-0.1, -0.05) is 0 Å². The lowest BCUT2D eigenvalue weighted by atomic mass is 15.8. The molecule has 0 unspecified atom stereocenters. The van der Waals surface area contributed by atoms with Crippen LogP contribution in [0.1, 0.15) is 0 Å². The van der Waals surface area contributed by atoms with Crippen LogP contribution in [0.25, 0.3) is 0 Å². The minimum atomic E-state index is -4.67. The van der Waals surface area contributed by atoms with E-state index in [1.165, 1.54) is 0 Å². The zero-order valence-electron chi connectivity index (χ0n) is 4.57. The minimum absolute atomic E-state index is 0. The molecule has 11 heteroatoms. The normalized spacial score (nSPS) is 5.27. The second-order valence-corrected chi connectivity index (χ2v) is 1.34. The van der Waals surface area contributed by atoms with E-state index in [1.807, 2.05) is 0 Å². The maximum Gasteiger partial charge on any atom is 0.394 e. The first kappa shape index (κ1) is 78.4. The summed E-state index contributed by atoms with van der Waals surface area (Å²) in [5, 5.41) is 0. The first-order valence-corrected chi connectivity index (χ1v) is 2.10. The van der Waals surface area contributed by atoms with Gasteiger partial charge in [-0.3, -0.25) is 37.3 Å². The Morgan fingerprint density at radius 3 is 0.636 bits per heavy atom. The van der Waals surface area contributed by atoms with Crippen LogP contribution in [0.5, 0.6) is 0 Å². The van der Waals surface area contributed by atoms with Crippen molar-refractivity contribution in [2.75, 3.05) is 0 Å². The van der Waals surface area contributed by atoms with Gasteiger partial charge in [0.25, 0.3) is 0 Å². The molecule has 0 amide bonds. The van der Waals surface area contributed by atoms with E-state index >= 15 is 0 Å². The number of hydrogen-bond acceptors (Lipinski definition) is 2. The second-order valence-electron chi connectivity index (χ2n) is 0.448. The zero-order valence-corrected chi connectivity index (χ0v) is 5.39. The van der Waals surface area contributed by atoms with Gasteiger partial charge in [0.15, 0.2) is 0 Å². The first-order valence-electron chi connectivity index (χ1n) is 0.698. The van der Waals surface area contributed by atoms with Gasteiger partial charge in [-0.25, -0.2) is 0 Å². The summed E-state index contributed by atoms with van der Waals surface area (Å²) >= 11 is 0. The Hall–Kier alpha value is -0.550. The van der Waals surface area contributed by atoms with Crippen LogP contribution < -0.4 is 0 Å². The summed E-state index contributed by atoms with van der Waals surface area (Å²) in [5.41, 5.74) is 0. The van der Waals surface area contributed by atoms with Crippen molar-refractivity contribution in [1.29, 1.82) is 0 Å². The van der Waals surface area contributed by atoms with Crippen LogP contribution in [0.4, 0.5) is 28.2 Å². The average molecular weight is 218 g/mol. The van der Waals surface area contributed by atoms with Crippen LogP contribution >= 0.6 is 0 Å². The van der Waals surface area contributed by atoms with Gasteiger partial charge in [0.2, 0.25) is 0 Å². The molecule has 0 aromatic carbocycles. The molecular weight excluding hydrogens is 210 g/mol. The Morgan fingerprint density at radius 2 is 0.636 bits per heavy atom. The molecule has 0 heterocycles. The molecule has 4 nitrogen and oxygen atoms in total. The molecule has 0 fully saturated rings. The standard InChI is InChI=1S/6FH.H2O4S/c;;;;;;1-5(2,3)4/h6*1H;(H2,1,2,3,4). The SMILES string of the molecule is F.F.F.F.F.F.O=S(=O)(O)O. The molecule has 0 saturated carbocycles. The maximum atomic E-state index is 8.74. The molecule has 0 aliphatic carbocycles. The van der Waals surface area contributed by atoms with Gasteiger partial charge in [-0.15, -0.1) is 0 Å². The van der Waals surface area contributed by atoms with Gasteiger partial charge in [-0.05, 0) is 0 Å². The van der Waals surface area contributed by atoms with Crippen molar-refractivity contribution in [2.24, 2.45) is 0 Å². The van der Waals surface area contributed by atoms with Gasteiger partial charge in [0.1, 0.15) is 0 Å². The molecular formula is H8F6O4S. The Kier molecular flexibility index (Phi) is 162. The second kappa shape index (κ2) is 22.7. The van der Waals surface area contributed by atoms with E-state index in [0.717, 1.165) is 0 Å². The predicted octanol–water partition coefficient (Wildman–Crippen LogP) is 0.262. The van der Waals surface area contributed by atoms with E-state index < -0.39 is 10.4 Å². The molecule has 0 rings (SSSR count). The average Bonchev–Trinajstić information content (AvgIpc) is 0.722. The summed E-state index contributed by atoms with van der Waals surface area (Å²) in [6.45, 7) is 0. The quantitative estimate of drug-likeness (QED) is 0.451. The van der Waals surface area contributed by atoms with Crippen molar-refractivity contribution in [3.63, 3.8) is 0 Å². The molecule has 0 aromatic rings. The smallest absolute Gasteiger partial charge is 0.269 e. The van der Waals surface area contributed by atoms with Crippen molar-refractivity contribution in [3.05, 3.63) is 0 Å². The topological polar surface area (TPSA) is 74.6 Å². The number of rotatable bonds is 0. The van der Waals surface area contributed by atoms with E-state index in [2.05, 4.69) is 0 Å². The number of halogens is 6. The maximum absolute atomic E-state index is 8.74. The van der Waals surface area contributed by atoms with Crippen LogP contribution in [0, 0.1) is 0 Å². The molecule has 0 saturated heterocycles. The highest BCUT2D eigenvalue weighted by Crippen LogP contribution is 1.59. The highest BCUT2D eigenvalue weighted by molar-refractivity contribution is 7.79. The van der Waals surface area contributed by atoms with Crippen LogP contribution in [-0.2, 0) is 10.4 Å². The molecule has 2 N–H and O–H groups in total. The van der Waals surface area contributed by atoms with Crippen LogP contribution in [-0.4, -0.2) is 17.5 Å². The van der Waals surface area contributed by atoms with Gasteiger partial charge in [-0.2, -0.15) is 8.42 Å². The summed E-state index contributed by atoms with van der Waals surface area (Å²) in [6.07, 6.45) is 0. The van der Waals surface area contributed by atoms with Gasteiger partial charge in [0, 0.05) is 0 Å². The van der Waals surface area contributed by atoms with Crippen LogP contribution in [0.3, 0.4) is 0 Å². The summed E-state index contributed by atoms with van der Waals surface area (Å²) in [6, 6.07) is 0. The third-order valence-electron chi connectivity index (χ3n) is 0. The van der Waals surface area contributed by atoms with E-state index in [-0.39, 0.29) is 28.2 Å². The Morgan fingerprint density at radius 1 is 0.636 bits per heavy atom. The van der Waals surface area contributed by atoms with Gasteiger partial charge < -0.3 is 0 Å². The fourth-order valence-electron chi connectivity index (χ4n) is 0. The Labute approximate surface area is 57.4 Å². The van der Waals surface area contributed by atoms with Crippen LogP contribution in [0.15, 0.2) is 0 Å². The summed E-state index contributed by atoms with van der Waals surface area (Å²) in [5.74, 6) is 0. The molecule has 0 aliphatic heterocycles. The fraction of sp³-hybridized carbons (Fsp3) is 0. The Bertz CT molecular complexity index is 97.8. The molecule has 0 bridgehead atoms. The van der Waals surface area contributed by atoms with Crippen molar-refractivity contribution in [1.82, 2.24) is 0 Å². The lowest BCUT2D eigenvalue weighted by Crippen LogP contribution is -1.89. The minimum Gasteiger partial charge on any atom is -0.269 e. The van der Waals surface area contributed by atoms with Gasteiger partial charge >= 0.3 is 10.4 Å². The first-order chi connectivity index (χ1) is 2.00. The number of hydrogen-bond donors (Lipinski definition) is 2. The summed E-state index contributed by atoms with van der Waals surface area (Å²) < 4.78 is 31.6. The molecule has 0 spiro atoms. The Balaban J connectivity index is -0.00000000533. The third-order valence-corrected chi connectivity index (χ3v) is 0. The summed E-state index contributed by atoms with van der Waals surface area (Å²) in [4.78, 5) is 0. The molecule has 11 heavy (non-hydrogen) atoms. The van der Waals surface area contributed by atoms with E-state index in [1.54, 1.807) is 0 Å².